The van der Waals surface area contributed by atoms with Crippen molar-refractivity contribution in [3.63, 3.8) is 0 Å². The number of nitrogens with zero attached hydrogens (tertiary/aromatic N) is 2. The number of hydrazine groups is 1. The number of fused-ring (bicyclic) bond motifs is 1. The van der Waals surface area contributed by atoms with E-state index in [0.717, 1.165) is 16.8 Å². The number of ether oxygens (including phenoxy) is 2. The van der Waals surface area contributed by atoms with Gasteiger partial charge in [0, 0.05) is 24.3 Å². The average Bonchev–Trinajstić information content (AvgIpc) is 3.00. The van der Waals surface area contributed by atoms with Gasteiger partial charge in [0.25, 0.3) is 0 Å². The molecule has 1 aromatic heterocycles. The largest absolute Gasteiger partial charge is 0.490 e. The lowest BCUT2D eigenvalue weighted by Gasteiger charge is -2.30. The van der Waals surface area contributed by atoms with Crippen molar-refractivity contribution in [2.24, 2.45) is 5.84 Å². The lowest BCUT2D eigenvalue weighted by molar-refractivity contribution is -0.192. The van der Waals surface area contributed by atoms with Gasteiger partial charge in [0.15, 0.2) is 11.5 Å². The van der Waals surface area contributed by atoms with E-state index in [9.17, 15) is 31.1 Å². The Morgan fingerprint density at radius 3 is 2.26 bits per heavy atom. The van der Waals surface area contributed by atoms with E-state index >= 15 is 0 Å². The van der Waals surface area contributed by atoms with E-state index in [1.54, 1.807) is 36.7 Å². The smallest absolute Gasteiger partial charge is 0.490 e. The van der Waals surface area contributed by atoms with Crippen molar-refractivity contribution in [2.45, 2.75) is 51.8 Å². The lowest BCUT2D eigenvalue weighted by atomic mass is 10.0. The topological polar surface area (TPSA) is 127 Å². The van der Waals surface area contributed by atoms with E-state index in [1.165, 1.54) is 23.2 Å². The Morgan fingerprint density at radius 1 is 0.957 bits per heavy atom. The molecular weight excluding hydrogens is 634 g/mol. The van der Waals surface area contributed by atoms with E-state index in [2.05, 4.69) is 10.3 Å². The minimum absolute atomic E-state index is 0.0560. The van der Waals surface area contributed by atoms with Crippen molar-refractivity contribution in [3.8, 4) is 11.5 Å². The SMILES string of the molecule is CCOc1cc(C(C(=O)NCc2ccccc2C(F)(F)F)N(N)c2ccc3cnccc3c2)ccc1OC(C)C.O=C(O)C(F)(F)F. The van der Waals surface area contributed by atoms with E-state index < -0.39 is 35.8 Å². The van der Waals surface area contributed by atoms with Crippen molar-refractivity contribution in [3.05, 3.63) is 95.8 Å². The molecule has 4 N–H and O–H groups in total. The van der Waals surface area contributed by atoms with Crippen LogP contribution in [0.5, 0.6) is 11.5 Å². The maximum atomic E-state index is 13.7. The third kappa shape index (κ3) is 9.97. The van der Waals surface area contributed by atoms with Crippen LogP contribution < -0.4 is 25.6 Å². The molecule has 47 heavy (non-hydrogen) atoms. The Hall–Kier alpha value is -5.05. The van der Waals surface area contributed by atoms with Crippen molar-refractivity contribution < 1.29 is 50.5 Å². The first-order chi connectivity index (χ1) is 22.0. The average molecular weight is 667 g/mol. The number of hydrogen-bond donors (Lipinski definition) is 3. The summed E-state index contributed by atoms with van der Waals surface area (Å²) < 4.78 is 84.0. The molecule has 0 saturated heterocycles. The first-order valence-corrected chi connectivity index (χ1v) is 14.1. The molecule has 0 radical (unpaired) electrons. The number of aromatic nitrogens is 1. The van der Waals surface area contributed by atoms with Crippen LogP contribution >= 0.6 is 0 Å². The van der Waals surface area contributed by atoms with Gasteiger partial charge in [-0.05, 0) is 73.7 Å². The molecule has 1 heterocycles. The fraction of sp³-hybridized carbons (Fsp3) is 0.281. The fourth-order valence-electron chi connectivity index (χ4n) is 4.36. The van der Waals surface area contributed by atoms with E-state index in [0.29, 0.717) is 29.4 Å². The molecule has 0 fully saturated rings. The molecule has 0 saturated carbocycles. The van der Waals surface area contributed by atoms with Gasteiger partial charge >= 0.3 is 18.3 Å². The minimum atomic E-state index is -5.08. The molecule has 9 nitrogen and oxygen atoms in total. The molecule has 15 heteroatoms. The number of aliphatic carboxylic acids is 1. The number of nitrogens with two attached hydrogens (primary N) is 1. The first-order valence-electron chi connectivity index (χ1n) is 14.1. The summed E-state index contributed by atoms with van der Waals surface area (Å²) in [5.74, 6) is 4.16. The van der Waals surface area contributed by atoms with Crippen LogP contribution in [-0.2, 0) is 22.3 Å². The normalized spacial score (nSPS) is 12.1. The lowest BCUT2D eigenvalue weighted by Crippen LogP contribution is -2.44. The van der Waals surface area contributed by atoms with Gasteiger partial charge in [-0.3, -0.25) is 14.8 Å². The van der Waals surface area contributed by atoms with E-state index in [-0.39, 0.29) is 18.2 Å². The molecule has 4 aromatic rings. The van der Waals surface area contributed by atoms with E-state index in [1.807, 2.05) is 39.0 Å². The van der Waals surface area contributed by atoms with Gasteiger partial charge < -0.3 is 19.9 Å². The van der Waals surface area contributed by atoms with Crippen molar-refractivity contribution in [1.29, 1.82) is 0 Å². The highest BCUT2D eigenvalue weighted by Crippen LogP contribution is 2.35. The molecule has 1 unspecified atom stereocenters. The predicted molar refractivity (Wildman–Crippen MR) is 162 cm³/mol. The van der Waals surface area contributed by atoms with Gasteiger partial charge in [-0.15, -0.1) is 0 Å². The van der Waals surface area contributed by atoms with Crippen LogP contribution in [0.3, 0.4) is 0 Å². The Labute approximate surface area is 265 Å². The number of carboxylic acid groups (broad SMARTS) is 1. The number of alkyl halides is 6. The van der Waals surface area contributed by atoms with E-state index in [4.69, 9.17) is 25.2 Å². The summed E-state index contributed by atoms with van der Waals surface area (Å²) in [5, 5.41) is 12.8. The van der Waals surface area contributed by atoms with Gasteiger partial charge in [-0.25, -0.2) is 10.6 Å². The summed E-state index contributed by atoms with van der Waals surface area (Å²) in [5.41, 5.74) is 0.126. The van der Waals surface area contributed by atoms with Crippen LogP contribution in [0.2, 0.25) is 0 Å². The van der Waals surface area contributed by atoms with Gasteiger partial charge in [-0.2, -0.15) is 26.3 Å². The number of carbonyl (C=O) groups is 2. The summed E-state index contributed by atoms with van der Waals surface area (Å²) in [6, 6.07) is 16.3. The van der Waals surface area contributed by atoms with Crippen LogP contribution in [0.4, 0.5) is 32.0 Å². The number of anilines is 1. The monoisotopic (exact) mass is 666 g/mol. The number of nitrogens with one attached hydrogen (secondary N) is 1. The summed E-state index contributed by atoms with van der Waals surface area (Å²) in [4.78, 5) is 26.7. The third-order valence-corrected chi connectivity index (χ3v) is 6.41. The predicted octanol–water partition coefficient (Wildman–Crippen LogP) is 6.81. The summed E-state index contributed by atoms with van der Waals surface area (Å²) in [6.07, 6.45) is -6.39. The Morgan fingerprint density at radius 2 is 1.64 bits per heavy atom. The second-order valence-corrected chi connectivity index (χ2v) is 10.2. The highest BCUT2D eigenvalue weighted by molar-refractivity contribution is 5.89. The molecule has 0 aliphatic heterocycles. The first kappa shape index (κ1) is 36.4. The zero-order chi connectivity index (χ0) is 34.9. The van der Waals surface area contributed by atoms with Crippen LogP contribution in [-0.4, -0.2) is 40.9 Å². The number of amides is 1. The molecule has 1 atom stereocenters. The van der Waals surface area contributed by atoms with Crippen LogP contribution in [0, 0.1) is 0 Å². The maximum Gasteiger partial charge on any atom is 0.490 e. The van der Waals surface area contributed by atoms with Crippen molar-refractivity contribution in [1.82, 2.24) is 10.3 Å². The zero-order valence-corrected chi connectivity index (χ0v) is 25.4. The zero-order valence-electron chi connectivity index (χ0n) is 25.4. The number of carbonyl (C=O) groups excluding carboxylic acids is 1. The number of hydrogen-bond acceptors (Lipinski definition) is 7. The summed E-state index contributed by atoms with van der Waals surface area (Å²) in [6.45, 7) is 5.61. The molecule has 252 valence electrons. The van der Waals surface area contributed by atoms with Gasteiger partial charge in [0.2, 0.25) is 5.91 Å². The minimum Gasteiger partial charge on any atom is -0.490 e. The molecule has 0 spiro atoms. The van der Waals surface area contributed by atoms with Crippen molar-refractivity contribution in [2.75, 3.05) is 11.6 Å². The van der Waals surface area contributed by atoms with Crippen molar-refractivity contribution >= 4 is 28.3 Å². The summed E-state index contributed by atoms with van der Waals surface area (Å²) in [7, 11) is 0. The highest BCUT2D eigenvalue weighted by Gasteiger charge is 2.38. The third-order valence-electron chi connectivity index (χ3n) is 6.41. The standard InChI is InChI=1S/C30H31F3N4O3.C2HF3O2/c1-4-39-27-16-21(10-12-26(27)40-19(2)3)28(37(34)24-11-9-22-17-35-14-13-20(22)15-24)29(38)36-18-23-7-5-6-8-25(23)30(31,32)33;3-2(4,5)1(6)7/h5-17,19,28H,4,18,34H2,1-3H3,(H,36,38);(H,6,7). The Balaban J connectivity index is 0.000000771. The molecule has 3 aromatic carbocycles. The molecule has 4 rings (SSSR count). The Bertz CT molecular complexity index is 1680. The molecule has 1 amide bonds. The second kappa shape index (κ2) is 15.5. The number of rotatable bonds is 10. The number of carboxylic acids is 1. The van der Waals surface area contributed by atoms with Gasteiger partial charge in [-0.1, -0.05) is 30.3 Å². The number of pyridine rings is 1. The molecule has 0 aliphatic carbocycles. The fourth-order valence-corrected chi connectivity index (χ4v) is 4.36. The van der Waals surface area contributed by atoms with Crippen LogP contribution in [0.15, 0.2) is 79.1 Å². The Kier molecular flexibility index (Phi) is 12.0. The molecule has 0 aliphatic rings. The van der Waals surface area contributed by atoms with Crippen LogP contribution in [0.25, 0.3) is 10.8 Å². The number of benzene rings is 3. The quantitative estimate of drug-likeness (QED) is 0.0958. The van der Waals surface area contributed by atoms with Crippen LogP contribution in [0.1, 0.15) is 43.5 Å². The number of halogens is 6. The second-order valence-electron chi connectivity index (χ2n) is 10.2. The molecular formula is C32H32F6N4O5. The summed E-state index contributed by atoms with van der Waals surface area (Å²) >= 11 is 0. The molecule has 0 bridgehead atoms. The maximum absolute atomic E-state index is 13.7. The van der Waals surface area contributed by atoms with Gasteiger partial charge in [0.1, 0.15) is 6.04 Å². The van der Waals surface area contributed by atoms with Gasteiger partial charge in [0.05, 0.1) is 24.0 Å². The highest BCUT2D eigenvalue weighted by atomic mass is 19.4.